The molecule has 2 unspecified atom stereocenters. The Kier molecular flexibility index (Phi) is 4.99. The Morgan fingerprint density at radius 3 is 2.85 bits per heavy atom. The van der Waals surface area contributed by atoms with Crippen molar-refractivity contribution >= 4 is 17.5 Å². The molecule has 0 saturated carbocycles. The summed E-state index contributed by atoms with van der Waals surface area (Å²) in [4.78, 5) is 16.5. The van der Waals surface area contributed by atoms with E-state index < -0.39 is 4.87 Å². The maximum absolute atomic E-state index is 12.0. The molecule has 0 radical (unpaired) electrons. The third-order valence-electron chi connectivity index (χ3n) is 3.68. The van der Waals surface area contributed by atoms with Crippen molar-refractivity contribution in [1.29, 1.82) is 0 Å². The Balaban J connectivity index is 1.91. The SMILES string of the molecule is CON1CCC(Cl)(CNC(=O)c2ccccc2)C(N)C1. The van der Waals surface area contributed by atoms with E-state index in [2.05, 4.69) is 5.32 Å². The first-order valence-electron chi connectivity index (χ1n) is 6.62. The number of carbonyl (C=O) groups is 1. The lowest BCUT2D eigenvalue weighted by molar-refractivity contribution is -0.149. The van der Waals surface area contributed by atoms with Crippen LogP contribution in [0.4, 0.5) is 0 Å². The molecule has 0 spiro atoms. The highest BCUT2D eigenvalue weighted by molar-refractivity contribution is 6.25. The van der Waals surface area contributed by atoms with Gasteiger partial charge in [0, 0.05) is 31.2 Å². The van der Waals surface area contributed by atoms with E-state index in [1.165, 1.54) is 0 Å². The largest absolute Gasteiger partial charge is 0.350 e. The number of benzene rings is 1. The average Bonchev–Trinajstić information content (AvgIpc) is 2.49. The molecule has 1 amide bonds. The number of alkyl halides is 1. The van der Waals surface area contributed by atoms with Gasteiger partial charge in [0.25, 0.3) is 5.91 Å². The maximum atomic E-state index is 12.0. The predicted octanol–water partition coefficient (Wildman–Crippen LogP) is 0.988. The first-order valence-corrected chi connectivity index (χ1v) is 7.00. The van der Waals surface area contributed by atoms with Crippen molar-refractivity contribution in [3.8, 4) is 0 Å². The van der Waals surface area contributed by atoms with Crippen molar-refractivity contribution < 1.29 is 9.63 Å². The lowest BCUT2D eigenvalue weighted by Crippen LogP contribution is -2.60. The molecule has 2 rings (SSSR count). The second kappa shape index (κ2) is 6.54. The number of carbonyl (C=O) groups excluding carboxylic acids is 1. The number of hydroxylamine groups is 2. The van der Waals surface area contributed by atoms with Gasteiger partial charge in [-0.1, -0.05) is 18.2 Å². The number of nitrogens with one attached hydrogen (secondary N) is 1. The van der Waals surface area contributed by atoms with Gasteiger partial charge < -0.3 is 15.9 Å². The van der Waals surface area contributed by atoms with Crippen molar-refractivity contribution in [3.63, 3.8) is 0 Å². The average molecular weight is 298 g/mol. The minimum atomic E-state index is -0.626. The Morgan fingerprint density at radius 1 is 1.55 bits per heavy atom. The Bertz CT molecular complexity index is 457. The molecular weight excluding hydrogens is 278 g/mol. The topological polar surface area (TPSA) is 67.6 Å². The summed E-state index contributed by atoms with van der Waals surface area (Å²) in [5.41, 5.74) is 6.72. The van der Waals surface area contributed by atoms with Crippen LogP contribution >= 0.6 is 11.6 Å². The lowest BCUT2D eigenvalue weighted by Gasteiger charge is -2.41. The molecule has 110 valence electrons. The van der Waals surface area contributed by atoms with Crippen molar-refractivity contribution in [3.05, 3.63) is 35.9 Å². The quantitative estimate of drug-likeness (QED) is 0.813. The molecule has 5 nitrogen and oxygen atoms in total. The normalized spacial score (nSPS) is 27.2. The Hall–Kier alpha value is -1.14. The first-order chi connectivity index (χ1) is 9.55. The fourth-order valence-corrected chi connectivity index (χ4v) is 2.49. The van der Waals surface area contributed by atoms with Gasteiger partial charge in [0.05, 0.1) is 12.0 Å². The highest BCUT2D eigenvalue weighted by atomic mass is 35.5. The standard InChI is InChI=1S/C14H20ClN3O2/c1-20-18-8-7-14(15,12(16)9-18)10-17-13(19)11-5-3-2-4-6-11/h2-6,12H,7-10,16H2,1H3,(H,17,19). The van der Waals surface area contributed by atoms with Gasteiger partial charge in [-0.3, -0.25) is 4.79 Å². The summed E-state index contributed by atoms with van der Waals surface area (Å²) in [6.45, 7) is 1.61. The van der Waals surface area contributed by atoms with Crippen LogP contribution in [-0.2, 0) is 4.84 Å². The number of piperidine rings is 1. The summed E-state index contributed by atoms with van der Waals surface area (Å²) in [5, 5.41) is 4.64. The molecule has 0 aliphatic carbocycles. The van der Waals surface area contributed by atoms with E-state index >= 15 is 0 Å². The Morgan fingerprint density at radius 2 is 2.25 bits per heavy atom. The zero-order valence-corrected chi connectivity index (χ0v) is 12.3. The van der Waals surface area contributed by atoms with E-state index in [1.54, 1.807) is 24.3 Å². The van der Waals surface area contributed by atoms with Crippen molar-refractivity contribution in [2.45, 2.75) is 17.3 Å². The molecule has 1 aromatic rings. The number of rotatable bonds is 4. The van der Waals surface area contributed by atoms with Crippen LogP contribution in [0.2, 0.25) is 0 Å². The molecule has 1 aromatic carbocycles. The molecule has 0 bridgehead atoms. The second-order valence-corrected chi connectivity index (χ2v) is 5.76. The van der Waals surface area contributed by atoms with Gasteiger partial charge in [-0.05, 0) is 18.6 Å². The van der Waals surface area contributed by atoms with E-state index in [4.69, 9.17) is 22.2 Å². The number of nitrogens with two attached hydrogens (primary N) is 1. The van der Waals surface area contributed by atoms with Crippen LogP contribution in [0.1, 0.15) is 16.8 Å². The van der Waals surface area contributed by atoms with Crippen LogP contribution in [0.3, 0.4) is 0 Å². The minimum Gasteiger partial charge on any atom is -0.350 e. The zero-order chi connectivity index (χ0) is 14.6. The van der Waals surface area contributed by atoms with E-state index in [0.717, 1.165) is 0 Å². The number of halogens is 1. The first kappa shape index (κ1) is 15.3. The van der Waals surface area contributed by atoms with E-state index in [1.807, 2.05) is 18.2 Å². The molecule has 1 heterocycles. The highest BCUT2D eigenvalue weighted by Gasteiger charge is 2.40. The number of hydrogen-bond acceptors (Lipinski definition) is 4. The van der Waals surface area contributed by atoms with Crippen molar-refractivity contribution in [2.75, 3.05) is 26.7 Å². The van der Waals surface area contributed by atoms with Crippen LogP contribution in [0.15, 0.2) is 30.3 Å². The maximum Gasteiger partial charge on any atom is 0.251 e. The molecular formula is C14H20ClN3O2. The third-order valence-corrected chi connectivity index (χ3v) is 4.28. The Labute approximate surface area is 124 Å². The monoisotopic (exact) mass is 297 g/mol. The summed E-state index contributed by atoms with van der Waals surface area (Å²) in [5.74, 6) is -0.132. The zero-order valence-electron chi connectivity index (χ0n) is 11.5. The van der Waals surface area contributed by atoms with Gasteiger partial charge in [0.2, 0.25) is 0 Å². The summed E-state index contributed by atoms with van der Waals surface area (Å²) in [7, 11) is 1.62. The van der Waals surface area contributed by atoms with E-state index in [0.29, 0.717) is 31.6 Å². The third kappa shape index (κ3) is 3.49. The lowest BCUT2D eigenvalue weighted by atomic mass is 9.92. The molecule has 0 aromatic heterocycles. The summed E-state index contributed by atoms with van der Waals surface area (Å²) in [6.07, 6.45) is 0.665. The van der Waals surface area contributed by atoms with Gasteiger partial charge in [0.1, 0.15) is 0 Å². The fraction of sp³-hybridized carbons (Fsp3) is 0.500. The highest BCUT2D eigenvalue weighted by Crippen LogP contribution is 2.28. The summed E-state index contributed by atoms with van der Waals surface area (Å²) < 4.78 is 0. The van der Waals surface area contributed by atoms with Crippen LogP contribution in [0, 0.1) is 0 Å². The van der Waals surface area contributed by atoms with E-state index in [-0.39, 0.29) is 11.9 Å². The molecule has 6 heteroatoms. The number of hydrogen-bond donors (Lipinski definition) is 2. The van der Waals surface area contributed by atoms with Gasteiger partial charge in [-0.15, -0.1) is 11.6 Å². The molecule has 3 N–H and O–H groups in total. The van der Waals surface area contributed by atoms with E-state index in [9.17, 15) is 4.79 Å². The number of nitrogens with zero attached hydrogens (tertiary/aromatic N) is 1. The molecule has 1 aliphatic rings. The van der Waals surface area contributed by atoms with Crippen LogP contribution in [-0.4, -0.2) is 48.6 Å². The van der Waals surface area contributed by atoms with Gasteiger partial charge >= 0.3 is 0 Å². The molecule has 1 fully saturated rings. The van der Waals surface area contributed by atoms with Crippen molar-refractivity contribution in [2.24, 2.45) is 5.73 Å². The van der Waals surface area contributed by atoms with Crippen LogP contribution < -0.4 is 11.1 Å². The smallest absolute Gasteiger partial charge is 0.251 e. The van der Waals surface area contributed by atoms with Crippen LogP contribution in [0.5, 0.6) is 0 Å². The molecule has 20 heavy (non-hydrogen) atoms. The summed E-state index contributed by atoms with van der Waals surface area (Å²) >= 11 is 6.56. The van der Waals surface area contributed by atoms with Gasteiger partial charge in [0.15, 0.2) is 0 Å². The predicted molar refractivity (Wildman–Crippen MR) is 78.5 cm³/mol. The molecule has 1 saturated heterocycles. The molecule has 2 atom stereocenters. The fourth-order valence-electron chi connectivity index (χ4n) is 2.27. The van der Waals surface area contributed by atoms with Gasteiger partial charge in [-0.25, -0.2) is 0 Å². The van der Waals surface area contributed by atoms with Crippen LogP contribution in [0.25, 0.3) is 0 Å². The van der Waals surface area contributed by atoms with Crippen molar-refractivity contribution in [1.82, 2.24) is 10.4 Å². The number of amides is 1. The second-order valence-electron chi connectivity index (χ2n) is 5.01. The molecule has 1 aliphatic heterocycles. The van der Waals surface area contributed by atoms with Gasteiger partial charge in [-0.2, -0.15) is 5.06 Å². The minimum absolute atomic E-state index is 0.132. The summed E-state index contributed by atoms with van der Waals surface area (Å²) in [6, 6.07) is 8.81.